The van der Waals surface area contributed by atoms with Crippen molar-refractivity contribution in [3.05, 3.63) is 47.4 Å². The minimum absolute atomic E-state index is 0.0375. The predicted octanol–water partition coefficient (Wildman–Crippen LogP) is 2.76. The Balaban J connectivity index is 1.65. The minimum Gasteiger partial charge on any atom is -0.373 e. The van der Waals surface area contributed by atoms with Crippen molar-refractivity contribution in [3.63, 3.8) is 0 Å². The van der Waals surface area contributed by atoms with Gasteiger partial charge in [0.05, 0.1) is 6.04 Å². The fourth-order valence-electron chi connectivity index (χ4n) is 4.60. The molecule has 3 heterocycles. The molecule has 3 atom stereocenters. The number of fused-ring (bicyclic) bond motifs is 1. The Bertz CT molecular complexity index is 920. The average molecular weight is 398 g/mol. The topological polar surface area (TPSA) is 64.6 Å². The first-order valence-corrected chi connectivity index (χ1v) is 9.89. The smallest absolute Gasteiger partial charge is 0.320 e. The van der Waals surface area contributed by atoms with Crippen LogP contribution in [0.5, 0.6) is 0 Å². The van der Waals surface area contributed by atoms with Crippen molar-refractivity contribution in [3.8, 4) is 0 Å². The van der Waals surface area contributed by atoms with Crippen LogP contribution in [-0.2, 0) is 0 Å². The van der Waals surface area contributed by atoms with E-state index >= 15 is 0 Å². The van der Waals surface area contributed by atoms with Crippen molar-refractivity contribution in [1.82, 2.24) is 19.8 Å². The molecule has 2 amide bonds. The molecule has 2 fully saturated rings. The third-order valence-corrected chi connectivity index (χ3v) is 5.86. The zero-order chi connectivity index (χ0) is 20.7. The summed E-state index contributed by atoms with van der Waals surface area (Å²) in [5.74, 6) is 1.69. The van der Waals surface area contributed by atoms with Crippen molar-refractivity contribution >= 4 is 17.8 Å². The number of carbonyl (C=O) groups excluding carboxylic acids is 1. The first kappa shape index (κ1) is 19.4. The van der Waals surface area contributed by atoms with Crippen LogP contribution in [0.1, 0.15) is 17.3 Å². The fourth-order valence-corrected chi connectivity index (χ4v) is 4.60. The Morgan fingerprint density at radius 2 is 2.00 bits per heavy atom. The van der Waals surface area contributed by atoms with Crippen LogP contribution in [0.25, 0.3) is 0 Å². The number of aryl methyl sites for hydroxylation is 1. The van der Waals surface area contributed by atoms with Gasteiger partial charge < -0.3 is 20.0 Å². The predicted molar refractivity (Wildman–Crippen MR) is 110 cm³/mol. The van der Waals surface area contributed by atoms with Gasteiger partial charge in [-0.05, 0) is 24.6 Å². The number of hydrogen-bond acceptors (Lipinski definition) is 5. The van der Waals surface area contributed by atoms with Crippen molar-refractivity contribution in [1.29, 1.82) is 0 Å². The van der Waals surface area contributed by atoms with Gasteiger partial charge in [-0.2, -0.15) is 4.98 Å². The molecule has 8 heteroatoms. The van der Waals surface area contributed by atoms with Crippen LogP contribution < -0.4 is 10.2 Å². The Hall–Kier alpha value is -2.90. The van der Waals surface area contributed by atoms with Gasteiger partial charge in [0.25, 0.3) is 0 Å². The van der Waals surface area contributed by atoms with Crippen LogP contribution >= 0.6 is 0 Å². The molecule has 4 rings (SSSR count). The van der Waals surface area contributed by atoms with E-state index in [9.17, 15) is 9.18 Å². The second kappa shape index (κ2) is 7.50. The van der Waals surface area contributed by atoms with Gasteiger partial charge in [0, 0.05) is 64.4 Å². The number of amides is 2. The average Bonchev–Trinajstić information content (AvgIpc) is 3.24. The molecule has 0 bridgehead atoms. The number of halogens is 1. The molecular formula is C21H27FN6O. The van der Waals surface area contributed by atoms with Gasteiger partial charge in [-0.3, -0.25) is 0 Å². The fraction of sp³-hybridized carbons (Fsp3) is 0.476. The van der Waals surface area contributed by atoms with Gasteiger partial charge in [-0.1, -0.05) is 12.1 Å². The van der Waals surface area contributed by atoms with Crippen molar-refractivity contribution in [2.75, 3.05) is 51.0 Å². The summed E-state index contributed by atoms with van der Waals surface area (Å²) in [5, 5.41) is 3.08. The van der Waals surface area contributed by atoms with Crippen LogP contribution in [0.2, 0.25) is 0 Å². The second-order valence-corrected chi connectivity index (χ2v) is 8.10. The summed E-state index contributed by atoms with van der Waals surface area (Å²) in [7, 11) is 5.35. The van der Waals surface area contributed by atoms with Crippen molar-refractivity contribution in [2.45, 2.75) is 13.0 Å². The molecule has 0 unspecified atom stereocenters. The number of urea groups is 1. The highest BCUT2D eigenvalue weighted by molar-refractivity contribution is 5.75. The third-order valence-electron chi connectivity index (χ3n) is 5.86. The summed E-state index contributed by atoms with van der Waals surface area (Å²) < 4.78 is 14.0. The lowest BCUT2D eigenvalue weighted by Gasteiger charge is -2.32. The second-order valence-electron chi connectivity index (χ2n) is 8.10. The summed E-state index contributed by atoms with van der Waals surface area (Å²) in [6, 6.07) is 8.33. The van der Waals surface area contributed by atoms with E-state index < -0.39 is 0 Å². The number of rotatable bonds is 3. The highest BCUT2D eigenvalue weighted by Crippen LogP contribution is 2.46. The maximum atomic E-state index is 14.0. The molecule has 154 valence electrons. The molecule has 7 nitrogen and oxygen atoms in total. The highest BCUT2D eigenvalue weighted by atomic mass is 19.1. The van der Waals surface area contributed by atoms with Crippen LogP contribution in [-0.4, -0.2) is 66.6 Å². The number of benzene rings is 1. The van der Waals surface area contributed by atoms with E-state index in [1.807, 2.05) is 31.0 Å². The van der Waals surface area contributed by atoms with Crippen molar-refractivity contribution < 1.29 is 9.18 Å². The van der Waals surface area contributed by atoms with Crippen molar-refractivity contribution in [2.24, 2.45) is 11.8 Å². The molecule has 0 radical (unpaired) electrons. The van der Waals surface area contributed by atoms with Gasteiger partial charge in [0.15, 0.2) is 0 Å². The lowest BCUT2D eigenvalue weighted by Crippen LogP contribution is -2.41. The highest BCUT2D eigenvalue weighted by Gasteiger charge is 2.50. The maximum Gasteiger partial charge on any atom is 0.320 e. The van der Waals surface area contributed by atoms with E-state index in [4.69, 9.17) is 0 Å². The van der Waals surface area contributed by atoms with E-state index in [1.165, 1.54) is 6.07 Å². The number of carbonyl (C=O) groups is 1. The Labute approximate surface area is 170 Å². The summed E-state index contributed by atoms with van der Waals surface area (Å²) in [5.41, 5.74) is 1.75. The zero-order valence-electron chi connectivity index (χ0n) is 17.3. The molecule has 0 spiro atoms. The van der Waals surface area contributed by atoms with Gasteiger partial charge in [0.2, 0.25) is 5.95 Å². The molecule has 2 aromatic rings. The third kappa shape index (κ3) is 3.59. The monoisotopic (exact) mass is 398 g/mol. The van der Waals surface area contributed by atoms with E-state index in [0.29, 0.717) is 12.5 Å². The quantitative estimate of drug-likeness (QED) is 0.861. The number of hydrogen-bond donors (Lipinski definition) is 1. The van der Waals surface area contributed by atoms with Crippen LogP contribution in [0.3, 0.4) is 0 Å². The molecule has 2 aliphatic rings. The van der Waals surface area contributed by atoms with Gasteiger partial charge in [0.1, 0.15) is 11.6 Å². The Kier molecular flexibility index (Phi) is 5.02. The molecule has 2 aliphatic heterocycles. The molecule has 1 aromatic heterocycles. The van der Waals surface area contributed by atoms with E-state index in [0.717, 1.165) is 30.2 Å². The van der Waals surface area contributed by atoms with Crippen LogP contribution in [0.4, 0.5) is 21.0 Å². The maximum absolute atomic E-state index is 14.0. The van der Waals surface area contributed by atoms with E-state index in [1.54, 1.807) is 31.1 Å². The number of aromatic nitrogens is 2. The normalized spacial score (nSPS) is 23.3. The number of nitrogens with one attached hydrogen (secondary N) is 1. The molecular weight excluding hydrogens is 371 g/mol. The first-order chi connectivity index (χ1) is 13.9. The SMILES string of the molecule is CNc1cc(C)nc(N2C[C@@H]3CN(C(=O)N(C)C)[C@@H](c4cccc(F)c4)[C@@H]3C2)n1. The van der Waals surface area contributed by atoms with Crippen LogP contribution in [0, 0.1) is 24.6 Å². The zero-order valence-corrected chi connectivity index (χ0v) is 17.3. The summed E-state index contributed by atoms with van der Waals surface area (Å²) in [4.78, 5) is 27.7. The minimum atomic E-state index is -0.279. The number of nitrogens with zero attached hydrogens (tertiary/aromatic N) is 5. The Morgan fingerprint density at radius 1 is 1.21 bits per heavy atom. The summed E-state index contributed by atoms with van der Waals surface area (Å²) in [6.45, 7) is 4.11. The van der Waals surface area contributed by atoms with Gasteiger partial charge >= 0.3 is 6.03 Å². The van der Waals surface area contributed by atoms with Gasteiger partial charge in [-0.15, -0.1) is 0 Å². The first-order valence-electron chi connectivity index (χ1n) is 9.89. The molecule has 29 heavy (non-hydrogen) atoms. The molecule has 0 aliphatic carbocycles. The Morgan fingerprint density at radius 3 is 2.69 bits per heavy atom. The summed E-state index contributed by atoms with van der Waals surface area (Å²) in [6.07, 6.45) is 0. The van der Waals surface area contributed by atoms with Crippen LogP contribution in [0.15, 0.2) is 30.3 Å². The number of anilines is 2. The van der Waals surface area contributed by atoms with Gasteiger partial charge in [-0.25, -0.2) is 14.2 Å². The lowest BCUT2D eigenvalue weighted by atomic mass is 9.89. The standard InChI is InChI=1S/C21H27FN6O/c1-13-8-18(23-2)25-20(24-13)27-10-15-11-28(21(29)26(3)4)19(17(15)12-27)14-6-5-7-16(22)9-14/h5-9,15,17,19H,10-12H2,1-4H3,(H,23,24,25)/t15-,17-,19+/m1/s1. The largest absolute Gasteiger partial charge is 0.373 e. The molecule has 1 aromatic carbocycles. The molecule has 0 saturated carbocycles. The lowest BCUT2D eigenvalue weighted by molar-refractivity contribution is 0.159. The molecule has 1 N–H and O–H groups in total. The van der Waals surface area contributed by atoms with E-state index in [-0.39, 0.29) is 29.7 Å². The number of likely N-dealkylation sites (tertiary alicyclic amines) is 1. The van der Waals surface area contributed by atoms with E-state index in [2.05, 4.69) is 20.2 Å². The summed E-state index contributed by atoms with van der Waals surface area (Å²) >= 11 is 0. The molecule has 2 saturated heterocycles.